The molecular formula is C18H21NO. The molecule has 0 amide bonds. The van der Waals surface area contributed by atoms with Gasteiger partial charge in [0.2, 0.25) is 0 Å². The quantitative estimate of drug-likeness (QED) is 0.875. The zero-order chi connectivity index (χ0) is 13.8. The van der Waals surface area contributed by atoms with E-state index in [1.165, 1.54) is 11.1 Å². The normalized spacial score (nSPS) is 17.1. The van der Waals surface area contributed by atoms with Crippen molar-refractivity contribution in [3.05, 3.63) is 54.6 Å². The molecule has 2 nitrogen and oxygen atoms in total. The molecule has 3 rings (SSSR count). The highest BCUT2D eigenvalue weighted by Crippen LogP contribution is 2.30. The number of rotatable bonds is 4. The summed E-state index contributed by atoms with van der Waals surface area (Å²) >= 11 is 0. The monoisotopic (exact) mass is 267 g/mol. The fraction of sp³-hybridized carbons (Fsp3) is 0.333. The van der Waals surface area contributed by atoms with Gasteiger partial charge in [0.15, 0.2) is 0 Å². The summed E-state index contributed by atoms with van der Waals surface area (Å²) in [6.07, 6.45) is 4.13. The third-order valence-electron chi connectivity index (χ3n) is 4.15. The Hall–Kier alpha value is -1.80. The molecule has 0 atom stereocenters. The van der Waals surface area contributed by atoms with Crippen LogP contribution in [0.15, 0.2) is 54.6 Å². The maximum Gasteiger partial charge on any atom is 0.0819 e. The number of anilines is 1. The van der Waals surface area contributed by atoms with Crippen molar-refractivity contribution in [1.82, 2.24) is 0 Å². The second-order valence-corrected chi connectivity index (χ2v) is 5.73. The lowest BCUT2D eigenvalue weighted by Gasteiger charge is -2.23. The second-order valence-electron chi connectivity index (χ2n) is 5.73. The Kier molecular flexibility index (Phi) is 3.75. The first kappa shape index (κ1) is 13.2. The molecular weight excluding hydrogens is 246 g/mol. The van der Waals surface area contributed by atoms with E-state index < -0.39 is 5.60 Å². The SMILES string of the molecule is OC1(CNc2ccc(-c3ccccc3)cc2)CCCC1. The molecule has 0 unspecified atom stereocenters. The lowest BCUT2D eigenvalue weighted by molar-refractivity contribution is 0.0615. The lowest BCUT2D eigenvalue weighted by atomic mass is 10.0. The lowest BCUT2D eigenvalue weighted by Crippen LogP contribution is -2.33. The average Bonchev–Trinajstić information content (AvgIpc) is 2.94. The van der Waals surface area contributed by atoms with E-state index in [4.69, 9.17) is 0 Å². The maximum atomic E-state index is 10.3. The highest BCUT2D eigenvalue weighted by atomic mass is 16.3. The number of hydrogen-bond acceptors (Lipinski definition) is 2. The van der Waals surface area contributed by atoms with Gasteiger partial charge in [-0.3, -0.25) is 0 Å². The highest BCUT2D eigenvalue weighted by molar-refractivity contribution is 5.65. The number of benzene rings is 2. The number of aliphatic hydroxyl groups is 1. The van der Waals surface area contributed by atoms with Gasteiger partial charge >= 0.3 is 0 Å². The molecule has 2 heteroatoms. The smallest absolute Gasteiger partial charge is 0.0819 e. The van der Waals surface area contributed by atoms with Crippen LogP contribution in [0.3, 0.4) is 0 Å². The molecule has 0 saturated heterocycles. The molecule has 0 radical (unpaired) electrons. The molecule has 1 fully saturated rings. The molecule has 0 heterocycles. The molecule has 2 N–H and O–H groups in total. The summed E-state index contributed by atoms with van der Waals surface area (Å²) in [4.78, 5) is 0. The Labute approximate surface area is 120 Å². The summed E-state index contributed by atoms with van der Waals surface area (Å²) in [6.45, 7) is 0.650. The van der Waals surface area contributed by atoms with Gasteiger partial charge in [0.1, 0.15) is 0 Å². The molecule has 2 aromatic rings. The molecule has 20 heavy (non-hydrogen) atoms. The first-order chi connectivity index (χ1) is 9.75. The van der Waals surface area contributed by atoms with Crippen LogP contribution in [0.25, 0.3) is 11.1 Å². The van der Waals surface area contributed by atoms with Crippen molar-refractivity contribution >= 4 is 5.69 Å². The van der Waals surface area contributed by atoms with Crippen LogP contribution in [0.1, 0.15) is 25.7 Å². The van der Waals surface area contributed by atoms with E-state index in [2.05, 4.69) is 53.8 Å². The van der Waals surface area contributed by atoms with Crippen LogP contribution in [0.5, 0.6) is 0 Å². The predicted molar refractivity (Wildman–Crippen MR) is 83.8 cm³/mol. The van der Waals surface area contributed by atoms with Gasteiger partial charge in [-0.05, 0) is 36.1 Å². The van der Waals surface area contributed by atoms with Crippen LogP contribution in [0.4, 0.5) is 5.69 Å². The van der Waals surface area contributed by atoms with Crippen molar-refractivity contribution in [1.29, 1.82) is 0 Å². The van der Waals surface area contributed by atoms with Crippen molar-refractivity contribution in [3.63, 3.8) is 0 Å². The summed E-state index contributed by atoms with van der Waals surface area (Å²) in [5, 5.41) is 13.7. The summed E-state index contributed by atoms with van der Waals surface area (Å²) in [7, 11) is 0. The molecule has 104 valence electrons. The second kappa shape index (κ2) is 5.68. The van der Waals surface area contributed by atoms with Gasteiger partial charge in [0.05, 0.1) is 5.60 Å². The van der Waals surface area contributed by atoms with E-state index in [9.17, 15) is 5.11 Å². The number of hydrogen-bond donors (Lipinski definition) is 2. The van der Waals surface area contributed by atoms with Crippen molar-refractivity contribution in [2.24, 2.45) is 0 Å². The minimum absolute atomic E-state index is 0.502. The Morgan fingerprint density at radius 3 is 2.10 bits per heavy atom. The summed E-state index contributed by atoms with van der Waals surface area (Å²) in [6, 6.07) is 18.8. The van der Waals surface area contributed by atoms with Crippen LogP contribution in [-0.2, 0) is 0 Å². The molecule has 1 aliphatic rings. The van der Waals surface area contributed by atoms with Crippen LogP contribution < -0.4 is 5.32 Å². The minimum atomic E-state index is -0.502. The van der Waals surface area contributed by atoms with Gasteiger partial charge in [-0.2, -0.15) is 0 Å². The summed E-state index contributed by atoms with van der Waals surface area (Å²) in [5.41, 5.74) is 3.02. The molecule has 0 aliphatic heterocycles. The molecule has 2 aromatic carbocycles. The fourth-order valence-corrected chi connectivity index (χ4v) is 2.89. The van der Waals surface area contributed by atoms with Crippen LogP contribution in [0.2, 0.25) is 0 Å². The van der Waals surface area contributed by atoms with E-state index in [0.29, 0.717) is 6.54 Å². The first-order valence-electron chi connectivity index (χ1n) is 7.37. The first-order valence-corrected chi connectivity index (χ1v) is 7.37. The highest BCUT2D eigenvalue weighted by Gasteiger charge is 2.30. The Morgan fingerprint density at radius 1 is 0.850 bits per heavy atom. The Balaban J connectivity index is 1.64. The van der Waals surface area contributed by atoms with Crippen LogP contribution in [-0.4, -0.2) is 17.3 Å². The molecule has 0 bridgehead atoms. The third kappa shape index (κ3) is 3.02. The van der Waals surface area contributed by atoms with Crippen molar-refractivity contribution in [2.45, 2.75) is 31.3 Å². The summed E-state index contributed by atoms with van der Waals surface area (Å²) < 4.78 is 0. The largest absolute Gasteiger partial charge is 0.388 e. The van der Waals surface area contributed by atoms with Crippen molar-refractivity contribution in [3.8, 4) is 11.1 Å². The van der Waals surface area contributed by atoms with Gasteiger partial charge < -0.3 is 10.4 Å². The topological polar surface area (TPSA) is 32.3 Å². The van der Waals surface area contributed by atoms with Gasteiger partial charge in [-0.1, -0.05) is 55.3 Å². The fourth-order valence-electron chi connectivity index (χ4n) is 2.89. The third-order valence-corrected chi connectivity index (χ3v) is 4.15. The van der Waals surface area contributed by atoms with E-state index in [-0.39, 0.29) is 0 Å². The average molecular weight is 267 g/mol. The Bertz CT molecular complexity index is 541. The van der Waals surface area contributed by atoms with E-state index in [0.717, 1.165) is 31.4 Å². The van der Waals surface area contributed by atoms with Gasteiger partial charge in [0, 0.05) is 12.2 Å². The molecule has 0 aromatic heterocycles. The maximum absolute atomic E-state index is 10.3. The molecule has 0 spiro atoms. The minimum Gasteiger partial charge on any atom is -0.388 e. The van der Waals surface area contributed by atoms with E-state index in [1.54, 1.807) is 0 Å². The summed E-state index contributed by atoms with van der Waals surface area (Å²) in [5.74, 6) is 0. The van der Waals surface area contributed by atoms with Crippen molar-refractivity contribution in [2.75, 3.05) is 11.9 Å². The zero-order valence-corrected chi connectivity index (χ0v) is 11.7. The van der Waals surface area contributed by atoms with E-state index in [1.807, 2.05) is 6.07 Å². The molecule has 1 saturated carbocycles. The standard InChI is InChI=1S/C18H21NO/c20-18(12-4-5-13-18)14-19-17-10-8-16(9-11-17)15-6-2-1-3-7-15/h1-3,6-11,19-20H,4-5,12-14H2. The van der Waals surface area contributed by atoms with Crippen molar-refractivity contribution < 1.29 is 5.11 Å². The van der Waals surface area contributed by atoms with E-state index >= 15 is 0 Å². The van der Waals surface area contributed by atoms with Gasteiger partial charge in [0.25, 0.3) is 0 Å². The van der Waals surface area contributed by atoms with Crippen LogP contribution >= 0.6 is 0 Å². The zero-order valence-electron chi connectivity index (χ0n) is 11.7. The molecule has 1 aliphatic carbocycles. The van der Waals surface area contributed by atoms with Gasteiger partial charge in [-0.15, -0.1) is 0 Å². The van der Waals surface area contributed by atoms with Gasteiger partial charge in [-0.25, -0.2) is 0 Å². The predicted octanol–water partition coefficient (Wildman–Crippen LogP) is 4.07. The Morgan fingerprint density at radius 2 is 1.45 bits per heavy atom. The number of nitrogens with one attached hydrogen (secondary N) is 1. The van der Waals surface area contributed by atoms with Crippen LogP contribution in [0, 0.1) is 0 Å².